The van der Waals surface area contributed by atoms with Gasteiger partial charge in [0, 0.05) is 37.2 Å². The Morgan fingerprint density at radius 2 is 1.56 bits per heavy atom. The molecule has 1 fully saturated rings. The fourth-order valence-electron chi connectivity index (χ4n) is 3.95. The monoisotopic (exact) mass is 465 g/mol. The number of benzene rings is 2. The molecule has 0 bridgehead atoms. The molecule has 174 valence electrons. The summed E-state index contributed by atoms with van der Waals surface area (Å²) >= 11 is 0. The molecule has 32 heavy (non-hydrogen) atoms. The van der Waals surface area contributed by atoms with Crippen molar-refractivity contribution in [1.82, 2.24) is 4.90 Å². The van der Waals surface area contributed by atoms with Crippen LogP contribution in [0.4, 0.5) is 4.39 Å². The highest BCUT2D eigenvalue weighted by Crippen LogP contribution is 2.35. The Morgan fingerprint density at radius 3 is 2.06 bits per heavy atom. The lowest BCUT2D eigenvalue weighted by molar-refractivity contribution is -0.132. The molecule has 2 aromatic rings. The average Bonchev–Trinajstić information content (AvgIpc) is 2.82. The summed E-state index contributed by atoms with van der Waals surface area (Å²) in [7, 11) is 1.09. The van der Waals surface area contributed by atoms with E-state index >= 15 is 0 Å². The zero-order valence-corrected chi connectivity index (χ0v) is 19.3. The standard InChI is InChI=1S/C23H28FNO6S/c1-29-17-14-21(30-2)20(22(15-17)31-3)8-9-23(26)25-12-10-19(11-13-25)32(27,28)18-6-4-16(24)5-7-18/h4-7,14-15,19H,8-13H2,1-3H3. The maximum Gasteiger partial charge on any atom is 0.222 e. The molecule has 0 radical (unpaired) electrons. The van der Waals surface area contributed by atoms with Crippen LogP contribution in [0.25, 0.3) is 0 Å². The van der Waals surface area contributed by atoms with E-state index in [0.29, 0.717) is 49.6 Å². The first-order valence-electron chi connectivity index (χ1n) is 10.4. The summed E-state index contributed by atoms with van der Waals surface area (Å²) < 4.78 is 54.9. The Kier molecular flexibility index (Phi) is 7.60. The lowest BCUT2D eigenvalue weighted by Gasteiger charge is -2.32. The van der Waals surface area contributed by atoms with E-state index in [-0.39, 0.29) is 17.2 Å². The predicted octanol–water partition coefficient (Wildman–Crippen LogP) is 3.25. The first-order valence-corrected chi connectivity index (χ1v) is 11.9. The topological polar surface area (TPSA) is 82.1 Å². The summed E-state index contributed by atoms with van der Waals surface area (Å²) in [5, 5.41) is -0.584. The van der Waals surface area contributed by atoms with Gasteiger partial charge in [-0.05, 0) is 43.5 Å². The van der Waals surface area contributed by atoms with Gasteiger partial charge in [0.25, 0.3) is 0 Å². The minimum Gasteiger partial charge on any atom is -0.496 e. The molecule has 1 aliphatic heterocycles. The fraction of sp³-hybridized carbons (Fsp3) is 0.435. The first-order chi connectivity index (χ1) is 15.3. The second-order valence-corrected chi connectivity index (χ2v) is 9.82. The Bertz CT molecular complexity index is 1020. The second-order valence-electron chi connectivity index (χ2n) is 7.59. The molecule has 0 aliphatic carbocycles. The third kappa shape index (κ3) is 5.15. The number of nitrogens with zero attached hydrogens (tertiary/aromatic N) is 1. The van der Waals surface area contributed by atoms with Gasteiger partial charge in [0.1, 0.15) is 23.1 Å². The molecule has 0 N–H and O–H groups in total. The summed E-state index contributed by atoms with van der Waals surface area (Å²) in [5.41, 5.74) is 0.776. The molecule has 0 unspecified atom stereocenters. The van der Waals surface area contributed by atoms with Gasteiger partial charge >= 0.3 is 0 Å². The Labute approximate surface area is 188 Å². The molecule has 9 heteroatoms. The largest absolute Gasteiger partial charge is 0.496 e. The van der Waals surface area contributed by atoms with Crippen molar-refractivity contribution in [3.05, 3.63) is 47.8 Å². The SMILES string of the molecule is COc1cc(OC)c(CCC(=O)N2CCC(S(=O)(=O)c3ccc(F)cc3)CC2)c(OC)c1. The van der Waals surface area contributed by atoms with Crippen LogP contribution in [0.15, 0.2) is 41.3 Å². The van der Waals surface area contributed by atoms with Crippen molar-refractivity contribution in [2.75, 3.05) is 34.4 Å². The molecule has 0 spiro atoms. The van der Waals surface area contributed by atoms with Crippen molar-refractivity contribution >= 4 is 15.7 Å². The number of hydrogen-bond donors (Lipinski definition) is 0. The second kappa shape index (κ2) is 10.2. The molecule has 2 aromatic carbocycles. The summed E-state index contributed by atoms with van der Waals surface area (Å²) in [5.74, 6) is 1.23. The Morgan fingerprint density at radius 1 is 1.00 bits per heavy atom. The number of carbonyl (C=O) groups is 1. The molecule has 1 aliphatic rings. The normalized spacial score (nSPS) is 14.8. The van der Waals surface area contributed by atoms with Gasteiger partial charge < -0.3 is 19.1 Å². The highest BCUT2D eigenvalue weighted by molar-refractivity contribution is 7.92. The number of amides is 1. The zero-order valence-electron chi connectivity index (χ0n) is 18.5. The van der Waals surface area contributed by atoms with Gasteiger partial charge in [-0.3, -0.25) is 4.79 Å². The van der Waals surface area contributed by atoms with E-state index in [4.69, 9.17) is 14.2 Å². The van der Waals surface area contributed by atoms with Gasteiger partial charge in [0.2, 0.25) is 5.91 Å². The van der Waals surface area contributed by atoms with Crippen LogP contribution < -0.4 is 14.2 Å². The summed E-state index contributed by atoms with van der Waals surface area (Å²) in [6, 6.07) is 8.36. The number of piperidine rings is 1. The average molecular weight is 466 g/mol. The lowest BCUT2D eigenvalue weighted by Crippen LogP contribution is -2.42. The van der Waals surface area contributed by atoms with Gasteiger partial charge in [-0.2, -0.15) is 0 Å². The van der Waals surface area contributed by atoms with E-state index in [1.807, 2.05) is 0 Å². The lowest BCUT2D eigenvalue weighted by atomic mass is 10.0. The van der Waals surface area contributed by atoms with E-state index in [0.717, 1.165) is 17.7 Å². The number of carbonyl (C=O) groups excluding carboxylic acids is 1. The molecule has 0 aromatic heterocycles. The molecular weight excluding hydrogens is 437 g/mol. The molecule has 7 nitrogen and oxygen atoms in total. The zero-order chi connectivity index (χ0) is 23.3. The number of sulfone groups is 1. The molecule has 1 heterocycles. The maximum absolute atomic E-state index is 13.1. The quantitative estimate of drug-likeness (QED) is 0.557. The summed E-state index contributed by atoms with van der Waals surface area (Å²) in [6.45, 7) is 0.724. The molecule has 3 rings (SSSR count). The molecule has 1 saturated heterocycles. The van der Waals surface area contributed by atoms with Crippen molar-refractivity contribution in [3.8, 4) is 17.2 Å². The highest BCUT2D eigenvalue weighted by atomic mass is 32.2. The number of halogens is 1. The Balaban J connectivity index is 1.61. The van der Waals surface area contributed by atoms with Crippen LogP contribution in [0.1, 0.15) is 24.8 Å². The number of rotatable bonds is 8. The number of hydrogen-bond acceptors (Lipinski definition) is 6. The van der Waals surface area contributed by atoms with Crippen LogP contribution in [-0.2, 0) is 21.1 Å². The highest BCUT2D eigenvalue weighted by Gasteiger charge is 2.32. The van der Waals surface area contributed by atoms with Gasteiger partial charge in [-0.15, -0.1) is 0 Å². The van der Waals surface area contributed by atoms with Crippen LogP contribution >= 0.6 is 0 Å². The van der Waals surface area contributed by atoms with Crippen molar-refractivity contribution in [2.45, 2.75) is 35.8 Å². The third-order valence-corrected chi connectivity index (χ3v) is 8.06. The Hall–Kier alpha value is -2.81. The van der Waals surface area contributed by atoms with Crippen LogP contribution in [0, 0.1) is 5.82 Å². The van der Waals surface area contributed by atoms with Crippen LogP contribution in [0.5, 0.6) is 17.2 Å². The minimum absolute atomic E-state index is 0.0532. The van der Waals surface area contributed by atoms with Gasteiger partial charge in [-0.25, -0.2) is 12.8 Å². The maximum atomic E-state index is 13.1. The van der Waals surface area contributed by atoms with E-state index in [9.17, 15) is 17.6 Å². The fourth-order valence-corrected chi connectivity index (χ4v) is 5.68. The first kappa shape index (κ1) is 23.8. The van der Waals surface area contributed by atoms with Gasteiger partial charge in [0.05, 0.1) is 31.5 Å². The van der Waals surface area contributed by atoms with Crippen LogP contribution in [-0.4, -0.2) is 58.9 Å². The van der Waals surface area contributed by atoms with E-state index in [2.05, 4.69) is 0 Å². The molecule has 1 amide bonds. The third-order valence-electron chi connectivity index (χ3n) is 5.78. The molecule has 0 atom stereocenters. The van der Waals surface area contributed by atoms with E-state index in [1.165, 1.54) is 12.1 Å². The van der Waals surface area contributed by atoms with Crippen molar-refractivity contribution in [1.29, 1.82) is 0 Å². The van der Waals surface area contributed by atoms with Crippen molar-refractivity contribution < 1.29 is 31.8 Å². The van der Waals surface area contributed by atoms with Crippen LogP contribution in [0.2, 0.25) is 0 Å². The number of ether oxygens (including phenoxy) is 3. The van der Waals surface area contributed by atoms with Gasteiger partial charge in [0.15, 0.2) is 9.84 Å². The van der Waals surface area contributed by atoms with Crippen molar-refractivity contribution in [3.63, 3.8) is 0 Å². The molecule has 0 saturated carbocycles. The summed E-state index contributed by atoms with van der Waals surface area (Å²) in [4.78, 5) is 14.6. The van der Waals surface area contributed by atoms with Crippen LogP contribution in [0.3, 0.4) is 0 Å². The number of methoxy groups -OCH3 is 3. The predicted molar refractivity (Wildman–Crippen MR) is 118 cm³/mol. The van der Waals surface area contributed by atoms with E-state index in [1.54, 1.807) is 38.4 Å². The summed E-state index contributed by atoms with van der Waals surface area (Å²) in [6.07, 6.45) is 1.36. The smallest absolute Gasteiger partial charge is 0.222 e. The molecular formula is C23H28FNO6S. The number of likely N-dealkylation sites (tertiary alicyclic amines) is 1. The minimum atomic E-state index is -3.56. The van der Waals surface area contributed by atoms with Gasteiger partial charge in [-0.1, -0.05) is 0 Å². The van der Waals surface area contributed by atoms with E-state index < -0.39 is 20.9 Å². The van der Waals surface area contributed by atoms with Crippen molar-refractivity contribution in [2.24, 2.45) is 0 Å².